The van der Waals surface area contributed by atoms with Crippen molar-refractivity contribution in [2.24, 2.45) is 0 Å². The Morgan fingerprint density at radius 1 is 1.26 bits per heavy atom. The van der Waals surface area contributed by atoms with Gasteiger partial charge in [-0.3, -0.25) is 9.47 Å². The lowest BCUT2D eigenvalue weighted by molar-refractivity contribution is -0.156. The monoisotopic (exact) mass is 468 g/mol. The molecule has 180 valence electrons. The van der Waals surface area contributed by atoms with E-state index in [1.807, 2.05) is 51.1 Å². The molecule has 0 spiro atoms. The van der Waals surface area contributed by atoms with Gasteiger partial charge in [0.25, 0.3) is 0 Å². The molecule has 2 fully saturated rings. The van der Waals surface area contributed by atoms with Gasteiger partial charge in [0, 0.05) is 0 Å². The van der Waals surface area contributed by atoms with Crippen LogP contribution in [0.25, 0.3) is 11.2 Å². The number of hydrogen-bond donors (Lipinski definition) is 2. The van der Waals surface area contributed by atoms with Gasteiger partial charge in [0.05, 0.1) is 26.1 Å². The minimum absolute atomic E-state index is 0.128. The zero-order valence-electron chi connectivity index (χ0n) is 19.3. The Balaban J connectivity index is 1.53. The van der Waals surface area contributed by atoms with Crippen LogP contribution in [0, 0.1) is 0 Å². The molecular formula is C23H28N6O5. The number of fused-ring (bicyclic) bond motifs is 3. The van der Waals surface area contributed by atoms with Crippen LogP contribution in [0.15, 0.2) is 43.0 Å². The van der Waals surface area contributed by atoms with Gasteiger partial charge >= 0.3 is 6.09 Å². The number of carbonyl (C=O) groups is 1. The van der Waals surface area contributed by atoms with Crippen molar-refractivity contribution in [3.8, 4) is 0 Å². The number of hydrogen-bond acceptors (Lipinski definition) is 9. The molecule has 3 aromatic rings. The minimum atomic E-state index is -1.14. The van der Waals surface area contributed by atoms with Crippen LogP contribution < -0.4 is 5.73 Å². The molecule has 4 atom stereocenters. The standard InChI is InChI=1S/C23H28N6O5/c1-22(2,3)34-21(31)28-10-23(11-30)17(32-9-14-7-5-4-6-8-14)16(28)20(33-23)29-13-27-15-18(24)25-12-26-19(15)29/h4-8,12-13,16-17,20,30H,9-11H2,1-3H3,(H2,24,25,26)/t16-,17+,20-,23-/m1/s1. The lowest BCUT2D eigenvalue weighted by atomic mass is 10.00. The molecular weight excluding hydrogens is 440 g/mol. The summed E-state index contributed by atoms with van der Waals surface area (Å²) in [5.74, 6) is 0.240. The summed E-state index contributed by atoms with van der Waals surface area (Å²) in [5, 5.41) is 10.5. The molecule has 2 saturated heterocycles. The maximum atomic E-state index is 13.2. The zero-order valence-corrected chi connectivity index (χ0v) is 19.3. The SMILES string of the molecule is CC(C)(C)OC(=O)N1C[C@]2(CO)O[C@@H](n3cnc4c(N)ncnc43)[C@H]1[C@@H]2OCc1ccccc1. The molecule has 3 N–H and O–H groups in total. The number of aliphatic hydroxyl groups excluding tert-OH is 1. The Kier molecular flexibility index (Phi) is 5.42. The van der Waals surface area contributed by atoms with Crippen LogP contribution in [0.4, 0.5) is 10.6 Å². The van der Waals surface area contributed by atoms with Crippen LogP contribution >= 0.6 is 0 Å². The van der Waals surface area contributed by atoms with Crippen LogP contribution in [0.3, 0.4) is 0 Å². The van der Waals surface area contributed by atoms with Crippen LogP contribution in [0.2, 0.25) is 0 Å². The fourth-order valence-electron chi connectivity index (χ4n) is 4.65. The molecule has 0 aliphatic carbocycles. The third-order valence-electron chi connectivity index (χ3n) is 6.10. The number of benzene rings is 1. The van der Waals surface area contributed by atoms with Gasteiger partial charge in [-0.25, -0.2) is 19.7 Å². The molecule has 2 aliphatic heterocycles. The van der Waals surface area contributed by atoms with Gasteiger partial charge in [0.2, 0.25) is 0 Å². The van der Waals surface area contributed by atoms with Crippen molar-refractivity contribution in [1.82, 2.24) is 24.4 Å². The van der Waals surface area contributed by atoms with Crippen molar-refractivity contribution in [2.45, 2.75) is 57.0 Å². The summed E-state index contributed by atoms with van der Waals surface area (Å²) in [5.41, 5.74) is 5.99. The minimum Gasteiger partial charge on any atom is -0.444 e. The molecule has 2 aliphatic rings. The van der Waals surface area contributed by atoms with Crippen molar-refractivity contribution in [1.29, 1.82) is 0 Å². The maximum absolute atomic E-state index is 13.2. The average Bonchev–Trinajstić information content (AvgIpc) is 3.46. The van der Waals surface area contributed by atoms with E-state index in [1.165, 1.54) is 6.33 Å². The fourth-order valence-corrected chi connectivity index (χ4v) is 4.65. The predicted molar refractivity (Wildman–Crippen MR) is 121 cm³/mol. The van der Waals surface area contributed by atoms with Crippen molar-refractivity contribution in [3.05, 3.63) is 48.5 Å². The van der Waals surface area contributed by atoms with E-state index in [0.29, 0.717) is 17.8 Å². The molecule has 2 bridgehead atoms. The lowest BCUT2D eigenvalue weighted by Gasteiger charge is -2.37. The van der Waals surface area contributed by atoms with E-state index in [1.54, 1.807) is 15.8 Å². The van der Waals surface area contributed by atoms with Gasteiger partial charge in [-0.05, 0) is 26.3 Å². The first-order valence-electron chi connectivity index (χ1n) is 11.1. The molecule has 11 nitrogen and oxygen atoms in total. The number of amides is 1. The normalized spacial score (nSPS) is 26.4. The van der Waals surface area contributed by atoms with E-state index in [2.05, 4.69) is 15.0 Å². The maximum Gasteiger partial charge on any atom is 0.410 e. The average molecular weight is 469 g/mol. The van der Waals surface area contributed by atoms with E-state index in [-0.39, 0.29) is 19.0 Å². The van der Waals surface area contributed by atoms with Gasteiger partial charge < -0.3 is 25.1 Å². The summed E-state index contributed by atoms with van der Waals surface area (Å²) in [4.78, 5) is 27.4. The van der Waals surface area contributed by atoms with Crippen molar-refractivity contribution < 1.29 is 24.1 Å². The summed E-state index contributed by atoms with van der Waals surface area (Å²) in [6.07, 6.45) is 1.04. The Hall–Kier alpha value is -3.28. The topological polar surface area (TPSA) is 138 Å². The highest BCUT2D eigenvalue weighted by Crippen LogP contribution is 2.49. The number of nitrogens with zero attached hydrogens (tertiary/aromatic N) is 5. The number of morpholine rings is 1. The number of aliphatic hydroxyl groups is 1. The van der Waals surface area contributed by atoms with Gasteiger partial charge in [-0.2, -0.15) is 0 Å². The summed E-state index contributed by atoms with van der Waals surface area (Å²) < 4.78 is 20.1. The quantitative estimate of drug-likeness (QED) is 0.575. The Bertz CT molecular complexity index is 1200. The number of anilines is 1. The number of imidazole rings is 1. The largest absolute Gasteiger partial charge is 0.444 e. The second-order valence-electron chi connectivity index (χ2n) is 9.63. The smallest absolute Gasteiger partial charge is 0.410 e. The van der Waals surface area contributed by atoms with Crippen LogP contribution in [-0.2, 0) is 20.8 Å². The summed E-state index contributed by atoms with van der Waals surface area (Å²) >= 11 is 0. The zero-order chi connectivity index (χ0) is 24.1. The van der Waals surface area contributed by atoms with E-state index < -0.39 is 35.7 Å². The lowest BCUT2D eigenvalue weighted by Crippen LogP contribution is -2.51. The molecule has 0 unspecified atom stereocenters. The van der Waals surface area contributed by atoms with Gasteiger partial charge in [0.1, 0.15) is 35.2 Å². The molecule has 2 aromatic heterocycles. The fraction of sp³-hybridized carbons (Fsp3) is 0.478. The molecule has 1 aromatic carbocycles. The van der Waals surface area contributed by atoms with Crippen LogP contribution in [0.5, 0.6) is 0 Å². The van der Waals surface area contributed by atoms with Crippen LogP contribution in [0.1, 0.15) is 32.6 Å². The highest BCUT2D eigenvalue weighted by atomic mass is 16.6. The number of aromatic nitrogens is 4. The van der Waals surface area contributed by atoms with Gasteiger partial charge in [-0.15, -0.1) is 0 Å². The second kappa shape index (κ2) is 8.19. The molecule has 1 amide bonds. The highest BCUT2D eigenvalue weighted by Gasteiger charge is 2.67. The first-order valence-corrected chi connectivity index (χ1v) is 11.1. The molecule has 11 heteroatoms. The summed E-state index contributed by atoms with van der Waals surface area (Å²) in [6, 6.07) is 9.10. The van der Waals surface area contributed by atoms with Crippen molar-refractivity contribution in [3.63, 3.8) is 0 Å². The Morgan fingerprint density at radius 3 is 2.74 bits per heavy atom. The Labute approximate surface area is 196 Å². The number of nitrogen functional groups attached to an aromatic ring is 1. The Morgan fingerprint density at radius 2 is 2.03 bits per heavy atom. The summed E-state index contributed by atoms with van der Waals surface area (Å²) in [7, 11) is 0. The highest BCUT2D eigenvalue weighted by molar-refractivity contribution is 5.81. The third-order valence-corrected chi connectivity index (χ3v) is 6.10. The number of likely N-dealkylation sites (tertiary alicyclic amines) is 1. The van der Waals surface area contributed by atoms with E-state index in [4.69, 9.17) is 19.9 Å². The number of rotatable bonds is 5. The van der Waals surface area contributed by atoms with Gasteiger partial charge in [-0.1, -0.05) is 30.3 Å². The number of ether oxygens (including phenoxy) is 3. The van der Waals surface area contributed by atoms with Crippen molar-refractivity contribution in [2.75, 3.05) is 18.9 Å². The molecule has 34 heavy (non-hydrogen) atoms. The first-order chi connectivity index (χ1) is 16.2. The van der Waals surface area contributed by atoms with Crippen molar-refractivity contribution >= 4 is 23.1 Å². The van der Waals surface area contributed by atoms with Gasteiger partial charge in [0.15, 0.2) is 17.7 Å². The number of carbonyl (C=O) groups excluding carboxylic acids is 1. The third kappa shape index (κ3) is 3.75. The first kappa shape index (κ1) is 22.5. The summed E-state index contributed by atoms with van der Waals surface area (Å²) in [6.45, 7) is 5.50. The van der Waals surface area contributed by atoms with E-state index >= 15 is 0 Å². The predicted octanol–water partition coefficient (Wildman–Crippen LogP) is 1.87. The number of nitrogens with two attached hydrogens (primary N) is 1. The van der Waals surface area contributed by atoms with Crippen LogP contribution in [-0.4, -0.2) is 72.1 Å². The second-order valence-corrected chi connectivity index (χ2v) is 9.63. The molecule has 0 saturated carbocycles. The molecule has 4 heterocycles. The van der Waals surface area contributed by atoms with E-state index in [0.717, 1.165) is 5.56 Å². The van der Waals surface area contributed by atoms with E-state index in [9.17, 15) is 9.90 Å². The molecule has 0 radical (unpaired) electrons. The molecule has 5 rings (SSSR count).